The van der Waals surface area contributed by atoms with Crippen LogP contribution in [0.25, 0.3) is 0 Å². The van der Waals surface area contributed by atoms with Crippen LogP contribution in [0.5, 0.6) is 0 Å². The second kappa shape index (κ2) is 6.02. The van der Waals surface area contributed by atoms with E-state index in [1.54, 1.807) is 6.07 Å². The van der Waals surface area contributed by atoms with Crippen LogP contribution in [-0.2, 0) is 6.54 Å². The van der Waals surface area contributed by atoms with Crippen LogP contribution in [0.3, 0.4) is 0 Å². The number of nitrogens with one attached hydrogen (secondary N) is 2. The lowest BCUT2D eigenvalue weighted by Gasteiger charge is -2.12. The Morgan fingerprint density at radius 3 is 2.60 bits per heavy atom. The molecule has 0 radical (unpaired) electrons. The fourth-order valence-corrected chi connectivity index (χ4v) is 1.97. The van der Waals surface area contributed by atoms with Gasteiger partial charge in [-0.2, -0.15) is 5.26 Å². The number of nitrogens with zero attached hydrogens (tertiary/aromatic N) is 3. The van der Waals surface area contributed by atoms with Crippen molar-refractivity contribution < 1.29 is 0 Å². The van der Waals surface area contributed by atoms with E-state index in [1.807, 2.05) is 6.19 Å². The molecule has 1 aromatic heterocycles. The molecular weight excluding hydrogens is 250 g/mol. The molecule has 2 N–H and O–H groups in total. The van der Waals surface area contributed by atoms with Crippen molar-refractivity contribution in [3.63, 3.8) is 0 Å². The maximum Gasteiger partial charge on any atom is 0.182 e. The summed E-state index contributed by atoms with van der Waals surface area (Å²) >= 11 is 0. The number of aromatic nitrogens is 2. The highest BCUT2D eigenvalue weighted by atomic mass is 15.1. The molecule has 20 heavy (non-hydrogen) atoms. The van der Waals surface area contributed by atoms with Crippen LogP contribution in [0.4, 0.5) is 11.6 Å². The maximum atomic E-state index is 8.57. The van der Waals surface area contributed by atoms with E-state index in [9.17, 15) is 0 Å². The lowest BCUT2D eigenvalue weighted by Crippen LogP contribution is -2.05. The van der Waals surface area contributed by atoms with Crippen molar-refractivity contribution in [1.29, 1.82) is 5.26 Å². The van der Waals surface area contributed by atoms with Crippen LogP contribution in [-0.4, -0.2) is 9.97 Å². The van der Waals surface area contributed by atoms with Crippen molar-refractivity contribution in [2.45, 2.75) is 27.3 Å². The lowest BCUT2D eigenvalue weighted by atomic mass is 9.99. The van der Waals surface area contributed by atoms with Gasteiger partial charge in [0.2, 0.25) is 0 Å². The van der Waals surface area contributed by atoms with Crippen LogP contribution in [0.1, 0.15) is 22.3 Å². The molecule has 1 aromatic carbocycles. The maximum absolute atomic E-state index is 8.57. The van der Waals surface area contributed by atoms with E-state index in [1.165, 1.54) is 28.6 Å². The summed E-state index contributed by atoms with van der Waals surface area (Å²) in [5.74, 6) is 1.18. The molecule has 0 fully saturated rings. The molecule has 0 bridgehead atoms. The summed E-state index contributed by atoms with van der Waals surface area (Å²) in [6.07, 6.45) is 3.27. The summed E-state index contributed by atoms with van der Waals surface area (Å²) in [5.41, 5.74) is 5.15. The number of hydrogen-bond donors (Lipinski definition) is 2. The van der Waals surface area contributed by atoms with Crippen molar-refractivity contribution in [2.24, 2.45) is 0 Å². The fraction of sp³-hybridized carbons (Fsp3) is 0.267. The van der Waals surface area contributed by atoms with Crippen LogP contribution >= 0.6 is 0 Å². The standard InChI is InChI=1S/C15H17N5/c1-10-4-5-13(12(3)11(10)2)7-17-14-6-15(18-8-16)20-9-19-14/h4-6,9H,7H2,1-3H3,(H2,17,18,19,20). The SMILES string of the molecule is Cc1ccc(CNc2cc(NC#N)ncn2)c(C)c1C. The number of rotatable bonds is 4. The molecule has 5 nitrogen and oxygen atoms in total. The first kappa shape index (κ1) is 13.8. The molecule has 0 aliphatic carbocycles. The molecule has 0 atom stereocenters. The van der Waals surface area contributed by atoms with Crippen LogP contribution in [0.15, 0.2) is 24.5 Å². The largest absolute Gasteiger partial charge is 0.366 e. The van der Waals surface area contributed by atoms with Crippen LogP contribution < -0.4 is 10.6 Å². The molecule has 0 aliphatic rings. The molecule has 102 valence electrons. The molecule has 0 saturated heterocycles. The second-order valence-corrected chi connectivity index (χ2v) is 4.67. The third kappa shape index (κ3) is 3.04. The first-order chi connectivity index (χ1) is 9.61. The van der Waals surface area contributed by atoms with Gasteiger partial charge in [0.05, 0.1) is 0 Å². The minimum absolute atomic E-state index is 0.488. The summed E-state index contributed by atoms with van der Waals surface area (Å²) in [6, 6.07) is 5.96. The predicted molar refractivity (Wildman–Crippen MR) is 79.2 cm³/mol. The van der Waals surface area contributed by atoms with Crippen molar-refractivity contribution >= 4 is 11.6 Å². The Morgan fingerprint density at radius 2 is 1.85 bits per heavy atom. The highest BCUT2D eigenvalue weighted by molar-refractivity contribution is 5.49. The van der Waals surface area contributed by atoms with E-state index in [0.29, 0.717) is 18.2 Å². The summed E-state index contributed by atoms with van der Waals surface area (Å²) in [6.45, 7) is 7.07. The van der Waals surface area contributed by atoms with Crippen molar-refractivity contribution in [1.82, 2.24) is 9.97 Å². The average Bonchev–Trinajstić information content (AvgIpc) is 2.45. The van der Waals surface area contributed by atoms with E-state index in [2.05, 4.69) is 53.5 Å². The van der Waals surface area contributed by atoms with Gasteiger partial charge in [0.15, 0.2) is 6.19 Å². The van der Waals surface area contributed by atoms with Gasteiger partial charge in [-0.3, -0.25) is 5.32 Å². The number of hydrogen-bond acceptors (Lipinski definition) is 5. The molecule has 5 heteroatoms. The number of aryl methyl sites for hydroxylation is 1. The first-order valence-electron chi connectivity index (χ1n) is 6.38. The Balaban J connectivity index is 2.11. The van der Waals surface area contributed by atoms with Gasteiger partial charge < -0.3 is 5.32 Å². The summed E-state index contributed by atoms with van der Waals surface area (Å²) < 4.78 is 0. The third-order valence-electron chi connectivity index (χ3n) is 3.48. The zero-order valence-electron chi connectivity index (χ0n) is 11.9. The molecule has 1 heterocycles. The quantitative estimate of drug-likeness (QED) is 0.658. The zero-order chi connectivity index (χ0) is 14.5. The second-order valence-electron chi connectivity index (χ2n) is 4.67. The Morgan fingerprint density at radius 1 is 1.10 bits per heavy atom. The number of nitriles is 1. The van der Waals surface area contributed by atoms with Crippen LogP contribution in [0.2, 0.25) is 0 Å². The normalized spacial score (nSPS) is 9.90. The van der Waals surface area contributed by atoms with Gasteiger partial charge in [0.25, 0.3) is 0 Å². The van der Waals surface area contributed by atoms with Crippen molar-refractivity contribution in [3.05, 3.63) is 46.8 Å². The smallest absolute Gasteiger partial charge is 0.182 e. The van der Waals surface area contributed by atoms with E-state index in [4.69, 9.17) is 5.26 Å². The topological polar surface area (TPSA) is 73.6 Å². The third-order valence-corrected chi connectivity index (χ3v) is 3.48. The Bertz CT molecular complexity index is 658. The average molecular weight is 267 g/mol. The van der Waals surface area contributed by atoms with Gasteiger partial charge in [-0.05, 0) is 43.0 Å². The van der Waals surface area contributed by atoms with Gasteiger partial charge in [-0.25, -0.2) is 9.97 Å². The monoisotopic (exact) mass is 267 g/mol. The molecule has 2 rings (SSSR count). The number of benzene rings is 1. The minimum atomic E-state index is 0.488. The molecular formula is C15H17N5. The van der Waals surface area contributed by atoms with Crippen molar-refractivity contribution in [2.75, 3.05) is 10.6 Å². The highest BCUT2D eigenvalue weighted by Gasteiger charge is 2.04. The highest BCUT2D eigenvalue weighted by Crippen LogP contribution is 2.18. The zero-order valence-corrected chi connectivity index (χ0v) is 11.9. The van der Waals surface area contributed by atoms with E-state index in [0.717, 1.165) is 0 Å². The molecule has 0 unspecified atom stereocenters. The Kier molecular flexibility index (Phi) is 4.16. The minimum Gasteiger partial charge on any atom is -0.366 e. The van der Waals surface area contributed by atoms with Crippen LogP contribution in [0, 0.1) is 32.2 Å². The summed E-state index contributed by atoms with van der Waals surface area (Å²) in [5, 5.41) is 14.3. The Hall–Kier alpha value is -2.61. The van der Waals surface area contributed by atoms with E-state index < -0.39 is 0 Å². The number of anilines is 2. The van der Waals surface area contributed by atoms with Crippen molar-refractivity contribution in [3.8, 4) is 6.19 Å². The van der Waals surface area contributed by atoms with Gasteiger partial charge in [0.1, 0.15) is 18.0 Å². The van der Waals surface area contributed by atoms with E-state index >= 15 is 0 Å². The Labute approximate surface area is 118 Å². The van der Waals surface area contributed by atoms with Gasteiger partial charge >= 0.3 is 0 Å². The van der Waals surface area contributed by atoms with Gasteiger partial charge in [0, 0.05) is 12.6 Å². The summed E-state index contributed by atoms with van der Waals surface area (Å²) in [4.78, 5) is 8.08. The molecule has 2 aromatic rings. The molecule has 0 amide bonds. The van der Waals surface area contributed by atoms with Gasteiger partial charge in [-0.1, -0.05) is 12.1 Å². The fourth-order valence-electron chi connectivity index (χ4n) is 1.97. The molecule has 0 spiro atoms. The van der Waals surface area contributed by atoms with E-state index in [-0.39, 0.29) is 0 Å². The summed E-state index contributed by atoms with van der Waals surface area (Å²) in [7, 11) is 0. The molecule has 0 aliphatic heterocycles. The van der Waals surface area contributed by atoms with Gasteiger partial charge in [-0.15, -0.1) is 0 Å². The predicted octanol–water partition coefficient (Wildman–Crippen LogP) is 2.91. The first-order valence-corrected chi connectivity index (χ1v) is 6.38. The lowest BCUT2D eigenvalue weighted by molar-refractivity contribution is 1.06. The molecule has 0 saturated carbocycles.